The van der Waals surface area contributed by atoms with E-state index in [0.29, 0.717) is 37.6 Å². The van der Waals surface area contributed by atoms with E-state index < -0.39 is 0 Å². The molecule has 0 bridgehead atoms. The van der Waals surface area contributed by atoms with Crippen molar-refractivity contribution in [2.24, 2.45) is 0 Å². The van der Waals surface area contributed by atoms with Gasteiger partial charge in [0, 0.05) is 39.3 Å². The Bertz CT molecular complexity index is 874. The number of anilines is 1. The average molecular weight is 382 g/mol. The van der Waals surface area contributed by atoms with Crippen molar-refractivity contribution in [1.82, 2.24) is 14.8 Å². The van der Waals surface area contributed by atoms with Crippen LogP contribution in [0.3, 0.4) is 0 Å². The molecule has 0 aliphatic carbocycles. The van der Waals surface area contributed by atoms with E-state index in [-0.39, 0.29) is 23.3 Å². The van der Waals surface area contributed by atoms with Crippen LogP contribution in [0, 0.1) is 5.82 Å². The molecule has 2 fully saturated rings. The Kier molecular flexibility index (Phi) is 5.23. The quantitative estimate of drug-likeness (QED) is 0.818. The summed E-state index contributed by atoms with van der Waals surface area (Å²) in [6.07, 6.45) is 2.02. The summed E-state index contributed by atoms with van der Waals surface area (Å²) in [6, 6.07) is 11.7. The van der Waals surface area contributed by atoms with Crippen molar-refractivity contribution < 1.29 is 14.0 Å². The molecule has 1 aromatic heterocycles. The summed E-state index contributed by atoms with van der Waals surface area (Å²) in [7, 11) is 0. The smallest absolute Gasteiger partial charge is 0.272 e. The molecule has 2 aromatic rings. The third kappa shape index (κ3) is 3.69. The SMILES string of the molecule is O=C(c1cccc(C(=O)N2CCN(c3ccccc3F)CC2)n1)N1CCCC1. The second-order valence-electron chi connectivity index (χ2n) is 7.14. The summed E-state index contributed by atoms with van der Waals surface area (Å²) in [6.45, 7) is 3.57. The number of amides is 2. The van der Waals surface area contributed by atoms with Crippen LogP contribution in [0.4, 0.5) is 10.1 Å². The number of nitrogens with zero attached hydrogens (tertiary/aromatic N) is 4. The van der Waals surface area contributed by atoms with E-state index in [4.69, 9.17) is 0 Å². The van der Waals surface area contributed by atoms with Crippen molar-refractivity contribution >= 4 is 17.5 Å². The third-order valence-electron chi connectivity index (χ3n) is 5.34. The topological polar surface area (TPSA) is 56.8 Å². The summed E-state index contributed by atoms with van der Waals surface area (Å²) in [4.78, 5) is 35.1. The van der Waals surface area contributed by atoms with Crippen LogP contribution < -0.4 is 4.90 Å². The first kappa shape index (κ1) is 18.4. The van der Waals surface area contributed by atoms with Crippen LogP contribution in [0.25, 0.3) is 0 Å². The van der Waals surface area contributed by atoms with Gasteiger partial charge in [0.2, 0.25) is 0 Å². The number of aromatic nitrogens is 1. The highest BCUT2D eigenvalue weighted by molar-refractivity contribution is 5.96. The molecular weight excluding hydrogens is 359 g/mol. The van der Waals surface area contributed by atoms with E-state index in [1.54, 1.807) is 40.1 Å². The Morgan fingerprint density at radius 1 is 0.750 bits per heavy atom. The number of piperazine rings is 1. The van der Waals surface area contributed by atoms with Crippen LogP contribution >= 0.6 is 0 Å². The maximum atomic E-state index is 14.0. The van der Waals surface area contributed by atoms with Gasteiger partial charge in [0.1, 0.15) is 17.2 Å². The lowest BCUT2D eigenvalue weighted by Crippen LogP contribution is -2.49. The van der Waals surface area contributed by atoms with Gasteiger partial charge in [-0.2, -0.15) is 0 Å². The molecule has 28 heavy (non-hydrogen) atoms. The molecule has 0 spiro atoms. The normalized spacial score (nSPS) is 17.1. The van der Waals surface area contributed by atoms with E-state index in [9.17, 15) is 14.0 Å². The molecule has 0 saturated carbocycles. The Labute approximate surface area is 163 Å². The van der Waals surface area contributed by atoms with Crippen LogP contribution in [-0.4, -0.2) is 65.9 Å². The molecule has 0 N–H and O–H groups in total. The minimum atomic E-state index is -0.253. The summed E-state index contributed by atoms with van der Waals surface area (Å²) < 4.78 is 14.0. The van der Waals surface area contributed by atoms with Gasteiger partial charge in [0.25, 0.3) is 11.8 Å². The number of hydrogen-bond acceptors (Lipinski definition) is 4. The largest absolute Gasteiger partial charge is 0.366 e. The first-order valence-electron chi connectivity index (χ1n) is 9.68. The Hall–Kier alpha value is -2.96. The first-order chi connectivity index (χ1) is 13.6. The molecule has 0 radical (unpaired) electrons. The van der Waals surface area contributed by atoms with Gasteiger partial charge in [0.05, 0.1) is 5.69 Å². The number of para-hydroxylation sites is 1. The summed E-state index contributed by atoms with van der Waals surface area (Å²) in [5.41, 5.74) is 1.16. The van der Waals surface area contributed by atoms with Crippen molar-refractivity contribution in [3.63, 3.8) is 0 Å². The number of benzene rings is 1. The summed E-state index contributed by atoms with van der Waals surface area (Å²) >= 11 is 0. The maximum absolute atomic E-state index is 14.0. The number of carbonyl (C=O) groups is 2. The van der Waals surface area contributed by atoms with Crippen LogP contribution in [-0.2, 0) is 0 Å². The second kappa shape index (κ2) is 7.96. The second-order valence-corrected chi connectivity index (χ2v) is 7.14. The fourth-order valence-electron chi connectivity index (χ4n) is 3.78. The highest BCUT2D eigenvalue weighted by Crippen LogP contribution is 2.21. The number of carbonyl (C=O) groups excluding carboxylic acids is 2. The van der Waals surface area contributed by atoms with E-state index in [2.05, 4.69) is 4.98 Å². The molecule has 2 aliphatic rings. The number of rotatable bonds is 3. The van der Waals surface area contributed by atoms with E-state index >= 15 is 0 Å². The van der Waals surface area contributed by atoms with Gasteiger partial charge in [-0.25, -0.2) is 9.37 Å². The molecule has 2 aliphatic heterocycles. The minimum Gasteiger partial charge on any atom is -0.366 e. The van der Waals surface area contributed by atoms with Gasteiger partial charge in [0.15, 0.2) is 0 Å². The highest BCUT2D eigenvalue weighted by Gasteiger charge is 2.26. The van der Waals surface area contributed by atoms with Gasteiger partial charge < -0.3 is 14.7 Å². The number of hydrogen-bond donors (Lipinski definition) is 0. The Morgan fingerprint density at radius 3 is 1.93 bits per heavy atom. The zero-order chi connectivity index (χ0) is 19.5. The van der Waals surface area contributed by atoms with Crippen LogP contribution in [0.15, 0.2) is 42.5 Å². The monoisotopic (exact) mass is 382 g/mol. The molecule has 3 heterocycles. The van der Waals surface area contributed by atoms with Gasteiger partial charge in [-0.1, -0.05) is 18.2 Å². The van der Waals surface area contributed by atoms with Crippen LogP contribution in [0.5, 0.6) is 0 Å². The molecule has 0 atom stereocenters. The third-order valence-corrected chi connectivity index (χ3v) is 5.34. The zero-order valence-corrected chi connectivity index (χ0v) is 15.7. The average Bonchev–Trinajstić information content (AvgIpc) is 3.28. The zero-order valence-electron chi connectivity index (χ0n) is 15.7. The predicted octanol–water partition coefficient (Wildman–Crippen LogP) is 2.42. The summed E-state index contributed by atoms with van der Waals surface area (Å²) in [5.74, 6) is -0.558. The fraction of sp³-hybridized carbons (Fsp3) is 0.381. The molecule has 0 unspecified atom stereocenters. The number of halogens is 1. The lowest BCUT2D eigenvalue weighted by Gasteiger charge is -2.36. The fourth-order valence-corrected chi connectivity index (χ4v) is 3.78. The molecule has 1 aromatic carbocycles. The number of pyridine rings is 1. The Morgan fingerprint density at radius 2 is 1.32 bits per heavy atom. The van der Waals surface area contributed by atoms with Crippen molar-refractivity contribution in [2.45, 2.75) is 12.8 Å². The van der Waals surface area contributed by atoms with E-state index in [1.165, 1.54) is 6.07 Å². The molecular formula is C21H23FN4O2. The lowest BCUT2D eigenvalue weighted by atomic mass is 10.2. The Balaban J connectivity index is 1.42. The van der Waals surface area contributed by atoms with Gasteiger partial charge in [-0.15, -0.1) is 0 Å². The van der Waals surface area contributed by atoms with Gasteiger partial charge >= 0.3 is 0 Å². The predicted molar refractivity (Wildman–Crippen MR) is 104 cm³/mol. The van der Waals surface area contributed by atoms with Crippen LogP contribution in [0.1, 0.15) is 33.8 Å². The van der Waals surface area contributed by atoms with E-state index in [0.717, 1.165) is 25.9 Å². The molecule has 2 saturated heterocycles. The molecule has 6 nitrogen and oxygen atoms in total. The van der Waals surface area contributed by atoms with Crippen molar-refractivity contribution in [2.75, 3.05) is 44.2 Å². The molecule has 4 rings (SSSR count). The van der Waals surface area contributed by atoms with E-state index in [1.807, 2.05) is 11.0 Å². The minimum absolute atomic E-state index is 0.114. The lowest BCUT2D eigenvalue weighted by molar-refractivity contribution is 0.0739. The van der Waals surface area contributed by atoms with Crippen LogP contribution in [0.2, 0.25) is 0 Å². The highest BCUT2D eigenvalue weighted by atomic mass is 19.1. The van der Waals surface area contributed by atoms with Crippen molar-refractivity contribution in [3.05, 3.63) is 59.7 Å². The van der Waals surface area contributed by atoms with Gasteiger partial charge in [-0.3, -0.25) is 9.59 Å². The summed E-state index contributed by atoms with van der Waals surface area (Å²) in [5, 5.41) is 0. The molecule has 146 valence electrons. The maximum Gasteiger partial charge on any atom is 0.272 e. The first-order valence-corrected chi connectivity index (χ1v) is 9.68. The molecule has 2 amide bonds. The molecule has 7 heteroatoms. The van der Waals surface area contributed by atoms with Crippen molar-refractivity contribution in [3.8, 4) is 0 Å². The van der Waals surface area contributed by atoms with Crippen molar-refractivity contribution in [1.29, 1.82) is 0 Å². The van der Waals surface area contributed by atoms with Gasteiger partial charge in [-0.05, 0) is 37.1 Å². The number of likely N-dealkylation sites (tertiary alicyclic amines) is 1. The standard InChI is InChI=1S/C21H23FN4O2/c22-16-6-1-2-9-19(16)24-12-14-26(15-13-24)21(28)18-8-5-7-17(23-18)20(27)25-10-3-4-11-25/h1-2,5-9H,3-4,10-15H2.